The number of nitrogen functional groups attached to an aromatic ring is 1. The molecule has 0 saturated heterocycles. The second kappa shape index (κ2) is 10.1. The van der Waals surface area contributed by atoms with Gasteiger partial charge in [0.1, 0.15) is 0 Å². The quantitative estimate of drug-likeness (QED) is 0.242. The van der Waals surface area contributed by atoms with Gasteiger partial charge in [-0.3, -0.25) is 14.6 Å². The predicted molar refractivity (Wildman–Crippen MR) is 145 cm³/mol. The fraction of sp³-hybridized carbons (Fsp3) is 0.0357. The molecule has 3 aromatic carbocycles. The molecule has 37 heavy (non-hydrogen) atoms. The van der Waals surface area contributed by atoms with E-state index >= 15 is 0 Å². The van der Waals surface area contributed by atoms with Crippen molar-refractivity contribution in [3.63, 3.8) is 0 Å². The molecule has 0 aliphatic heterocycles. The monoisotopic (exact) mass is 489 g/mol. The summed E-state index contributed by atoms with van der Waals surface area (Å²) in [6.45, 7) is 1.83. The number of amides is 2. The highest BCUT2D eigenvalue weighted by Crippen LogP contribution is 2.21. The van der Waals surface area contributed by atoms with E-state index in [9.17, 15) is 9.59 Å². The molecule has 0 aliphatic carbocycles. The highest BCUT2D eigenvalue weighted by molar-refractivity contribution is 6.13. The highest BCUT2D eigenvalue weighted by atomic mass is 16.2. The van der Waals surface area contributed by atoms with Crippen molar-refractivity contribution < 1.29 is 9.59 Å². The normalized spacial score (nSPS) is 10.6. The van der Waals surface area contributed by atoms with Gasteiger partial charge in [-0.2, -0.15) is 0 Å². The molecule has 0 aliphatic rings. The molecule has 5 rings (SSSR count). The predicted octanol–water partition coefficient (Wildman–Crippen LogP) is 5.16. The molecule has 0 atom stereocenters. The molecular formula is C28H23N7O2. The second-order valence-corrected chi connectivity index (χ2v) is 8.36. The average molecular weight is 490 g/mol. The second-order valence-electron chi connectivity index (χ2n) is 8.36. The minimum atomic E-state index is -0.344. The molecule has 0 radical (unpaired) electrons. The summed E-state index contributed by atoms with van der Waals surface area (Å²) < 4.78 is 0. The van der Waals surface area contributed by atoms with Crippen molar-refractivity contribution in [2.45, 2.75) is 6.92 Å². The molecule has 2 amide bonds. The van der Waals surface area contributed by atoms with Gasteiger partial charge in [-0.05, 0) is 61.0 Å². The zero-order valence-electron chi connectivity index (χ0n) is 19.9. The van der Waals surface area contributed by atoms with Crippen LogP contribution in [0, 0.1) is 6.92 Å². The standard InChI is InChI=1S/C28H23N7O2/c1-17-10-11-20(33-26(36)23-7-3-9-25-22(23)8-4-12-30-25)14-24(17)27(37)34-21-15-31-28(32-16-21)35-19-6-2-5-18(29)13-19/h2-16H,29H2,1H3,(H,33,36)(H,34,37)(H,31,32,35). The first-order chi connectivity index (χ1) is 18.0. The summed E-state index contributed by atoms with van der Waals surface area (Å²) in [4.78, 5) is 38.8. The summed E-state index contributed by atoms with van der Waals surface area (Å²) in [5.41, 5.74) is 10.5. The van der Waals surface area contributed by atoms with Crippen LogP contribution in [0.1, 0.15) is 26.3 Å². The number of anilines is 5. The van der Waals surface area contributed by atoms with Crippen LogP contribution >= 0.6 is 0 Å². The van der Waals surface area contributed by atoms with Gasteiger partial charge in [-0.25, -0.2) is 9.97 Å². The van der Waals surface area contributed by atoms with Crippen LogP contribution in [0.5, 0.6) is 0 Å². The van der Waals surface area contributed by atoms with Gasteiger partial charge in [0.25, 0.3) is 11.8 Å². The van der Waals surface area contributed by atoms with E-state index in [1.165, 1.54) is 12.4 Å². The van der Waals surface area contributed by atoms with Crippen LogP contribution < -0.4 is 21.7 Å². The third-order valence-corrected chi connectivity index (χ3v) is 5.68. The van der Waals surface area contributed by atoms with E-state index in [1.54, 1.807) is 54.7 Å². The summed E-state index contributed by atoms with van der Waals surface area (Å²) in [5, 5.41) is 9.49. The van der Waals surface area contributed by atoms with Crippen LogP contribution in [0.4, 0.5) is 28.7 Å². The lowest BCUT2D eigenvalue weighted by atomic mass is 10.1. The summed E-state index contributed by atoms with van der Waals surface area (Å²) in [5.74, 6) is -0.262. The van der Waals surface area contributed by atoms with E-state index in [-0.39, 0.29) is 11.8 Å². The maximum Gasteiger partial charge on any atom is 0.256 e. The highest BCUT2D eigenvalue weighted by Gasteiger charge is 2.14. The molecule has 0 unspecified atom stereocenters. The zero-order valence-corrected chi connectivity index (χ0v) is 19.9. The van der Waals surface area contributed by atoms with Crippen molar-refractivity contribution in [1.29, 1.82) is 0 Å². The van der Waals surface area contributed by atoms with Crippen LogP contribution in [-0.4, -0.2) is 26.8 Å². The Morgan fingerprint density at radius 3 is 2.30 bits per heavy atom. The molecule has 2 heterocycles. The Labute approximate surface area is 212 Å². The first-order valence-electron chi connectivity index (χ1n) is 11.5. The Kier molecular flexibility index (Phi) is 6.41. The fourth-order valence-corrected chi connectivity index (χ4v) is 3.85. The van der Waals surface area contributed by atoms with Gasteiger partial charge in [-0.15, -0.1) is 0 Å². The van der Waals surface area contributed by atoms with Crippen molar-refractivity contribution in [2.24, 2.45) is 0 Å². The number of carbonyl (C=O) groups is 2. The van der Waals surface area contributed by atoms with Gasteiger partial charge in [0, 0.05) is 39.8 Å². The summed E-state index contributed by atoms with van der Waals surface area (Å²) in [7, 11) is 0. The maximum atomic E-state index is 13.0. The average Bonchev–Trinajstić information content (AvgIpc) is 2.90. The maximum absolute atomic E-state index is 13.0. The molecule has 5 N–H and O–H groups in total. The van der Waals surface area contributed by atoms with Crippen LogP contribution in [0.2, 0.25) is 0 Å². The minimum absolute atomic E-state index is 0.287. The van der Waals surface area contributed by atoms with E-state index < -0.39 is 0 Å². The van der Waals surface area contributed by atoms with Gasteiger partial charge in [-0.1, -0.05) is 24.3 Å². The molecule has 0 fully saturated rings. The minimum Gasteiger partial charge on any atom is -0.399 e. The number of hydrogen-bond acceptors (Lipinski definition) is 7. The van der Waals surface area contributed by atoms with Crippen LogP contribution in [0.15, 0.2) is 91.4 Å². The van der Waals surface area contributed by atoms with Crippen molar-refractivity contribution in [1.82, 2.24) is 15.0 Å². The Hall–Kier alpha value is -5.31. The van der Waals surface area contributed by atoms with Crippen LogP contribution in [0.3, 0.4) is 0 Å². The summed E-state index contributed by atoms with van der Waals surface area (Å²) in [6, 6.07) is 21.4. The molecule has 9 nitrogen and oxygen atoms in total. The first-order valence-corrected chi connectivity index (χ1v) is 11.5. The number of carbonyl (C=O) groups excluding carboxylic acids is 2. The van der Waals surface area contributed by atoms with Gasteiger partial charge in [0.05, 0.1) is 23.6 Å². The molecule has 9 heteroatoms. The number of nitrogens with zero attached hydrogens (tertiary/aromatic N) is 3. The number of aryl methyl sites for hydroxylation is 1. The van der Waals surface area contributed by atoms with E-state index in [0.717, 1.165) is 22.2 Å². The third kappa shape index (κ3) is 5.35. The number of nitrogens with one attached hydrogen (secondary N) is 3. The lowest BCUT2D eigenvalue weighted by molar-refractivity contribution is 0.101. The zero-order chi connectivity index (χ0) is 25.8. The van der Waals surface area contributed by atoms with Crippen LogP contribution in [-0.2, 0) is 0 Å². The first kappa shape index (κ1) is 23.4. The van der Waals surface area contributed by atoms with E-state index in [4.69, 9.17) is 5.73 Å². The number of nitrogens with two attached hydrogens (primary N) is 1. The lowest BCUT2D eigenvalue weighted by Gasteiger charge is -2.12. The van der Waals surface area contributed by atoms with E-state index in [1.807, 2.05) is 31.2 Å². The Bertz CT molecular complexity index is 1610. The van der Waals surface area contributed by atoms with Crippen LogP contribution in [0.25, 0.3) is 10.9 Å². The SMILES string of the molecule is Cc1ccc(NC(=O)c2cccc3ncccc23)cc1C(=O)Nc1cnc(Nc2cccc(N)c2)nc1. The van der Waals surface area contributed by atoms with Gasteiger partial charge < -0.3 is 21.7 Å². The molecule has 0 saturated carbocycles. The summed E-state index contributed by atoms with van der Waals surface area (Å²) >= 11 is 0. The Balaban J connectivity index is 1.29. The Morgan fingerprint density at radius 1 is 0.730 bits per heavy atom. The largest absolute Gasteiger partial charge is 0.399 e. The summed E-state index contributed by atoms with van der Waals surface area (Å²) in [6.07, 6.45) is 4.70. The number of pyridine rings is 1. The molecule has 182 valence electrons. The van der Waals surface area contributed by atoms with Gasteiger partial charge in [0.15, 0.2) is 0 Å². The lowest BCUT2D eigenvalue weighted by Crippen LogP contribution is -2.16. The van der Waals surface area contributed by atoms with Crippen molar-refractivity contribution in [2.75, 3.05) is 21.7 Å². The molecule has 0 spiro atoms. The Morgan fingerprint density at radius 2 is 1.49 bits per heavy atom. The van der Waals surface area contributed by atoms with Gasteiger partial charge in [0.2, 0.25) is 5.95 Å². The van der Waals surface area contributed by atoms with Crippen molar-refractivity contribution >= 4 is 51.4 Å². The third-order valence-electron chi connectivity index (χ3n) is 5.68. The number of benzene rings is 3. The smallest absolute Gasteiger partial charge is 0.256 e. The molecule has 5 aromatic rings. The fourth-order valence-electron chi connectivity index (χ4n) is 3.85. The van der Waals surface area contributed by atoms with Crippen molar-refractivity contribution in [3.05, 3.63) is 108 Å². The molecule has 0 bridgehead atoms. The number of hydrogen-bond donors (Lipinski definition) is 4. The van der Waals surface area contributed by atoms with E-state index in [0.29, 0.717) is 34.1 Å². The number of rotatable bonds is 6. The molecular weight excluding hydrogens is 466 g/mol. The number of fused-ring (bicyclic) bond motifs is 1. The number of aromatic nitrogens is 3. The van der Waals surface area contributed by atoms with E-state index in [2.05, 4.69) is 30.9 Å². The van der Waals surface area contributed by atoms with Gasteiger partial charge >= 0.3 is 0 Å². The molecule has 2 aromatic heterocycles. The van der Waals surface area contributed by atoms with Crippen molar-refractivity contribution in [3.8, 4) is 0 Å². The topological polar surface area (TPSA) is 135 Å².